The maximum absolute atomic E-state index is 9.18. The molecular weight excluding hydrogens is 101 g/mol. The Morgan fingerprint density at radius 1 is 1.67 bits per heavy atom. The van der Waals surface area contributed by atoms with Crippen LogP contribution >= 0.6 is 0 Å². The molecule has 0 radical (unpaired) electrons. The van der Waals surface area contributed by atoms with Crippen LogP contribution in [0, 0.1) is 0 Å². The number of carboxylic acid groups (broad SMARTS) is 1. The smallest absolute Gasteiger partial charge is 0.511 e. The van der Waals surface area contributed by atoms with Gasteiger partial charge < -0.3 is 15.4 Å². The van der Waals surface area contributed by atoms with Gasteiger partial charge in [0.1, 0.15) is 0 Å². The van der Waals surface area contributed by atoms with E-state index in [0.29, 0.717) is 0 Å². The topological polar surface area (TPSA) is 92.5 Å². The average molecular weight is 107 g/mol. The van der Waals surface area contributed by atoms with Crippen LogP contribution in [-0.2, 0) is 0 Å². The second-order valence-corrected chi connectivity index (χ2v) is 1.47. The molecule has 0 fully saturated rings. The van der Waals surface area contributed by atoms with Gasteiger partial charge in [0.15, 0.2) is 0 Å². The summed E-state index contributed by atoms with van der Waals surface area (Å²) in [5, 5.41) is 7.53. The third kappa shape index (κ3) is 9.06. The molecule has 0 amide bonds. The van der Waals surface area contributed by atoms with Gasteiger partial charge in [-0.3, -0.25) is 4.79 Å². The van der Waals surface area contributed by atoms with E-state index in [0.717, 1.165) is 0 Å². The van der Waals surface area contributed by atoms with Gasteiger partial charge in [0.2, 0.25) is 4.83 Å². The maximum Gasteiger partial charge on any atom is 0.595 e. The van der Waals surface area contributed by atoms with E-state index in [9.17, 15) is 4.79 Å². The van der Waals surface area contributed by atoms with Crippen molar-refractivity contribution in [1.82, 2.24) is 6.15 Å². The monoisotopic (exact) mass is 107 g/mol. The lowest BCUT2D eigenvalue weighted by atomic mass is 11.6. The van der Waals surface area contributed by atoms with Gasteiger partial charge in [0, 0.05) is 0 Å². The molecule has 0 aliphatic rings. The molecule has 0 aromatic rings. The van der Waals surface area contributed by atoms with Crippen molar-refractivity contribution in [1.29, 1.82) is 0 Å². The van der Waals surface area contributed by atoms with Crippen LogP contribution in [0.2, 0.25) is 0 Å². The Morgan fingerprint density at radius 3 is 1.83 bits per heavy atom. The van der Waals surface area contributed by atoms with Crippen LogP contribution in [0.5, 0.6) is 0 Å². The standard InChI is InChI=1S/CHO2.Al.H3N.H2O.H/c2-1-3;;;;/h(H,2,3);;1H3;1H2;/q;+1;;;/p-1. The Kier molecular flexibility index (Phi) is 7.65. The highest BCUT2D eigenvalue weighted by Crippen LogP contribution is 1.51. The van der Waals surface area contributed by atoms with Crippen molar-refractivity contribution >= 4 is 20.4 Å². The molecule has 0 unspecified atom stereocenters. The minimum absolute atomic E-state index is 0. The van der Waals surface area contributed by atoms with Crippen LogP contribution in [0.15, 0.2) is 0 Å². The zero-order valence-corrected chi connectivity index (χ0v) is 4.63. The van der Waals surface area contributed by atoms with Crippen molar-refractivity contribution in [3.63, 3.8) is 0 Å². The zero-order valence-electron chi connectivity index (χ0n) is 3.22. The first-order valence-electron chi connectivity index (χ1n) is 1.10. The van der Waals surface area contributed by atoms with Gasteiger partial charge in [-0.2, -0.15) is 0 Å². The molecule has 0 aromatic heterocycles. The van der Waals surface area contributed by atoms with Crippen LogP contribution in [0.25, 0.3) is 0 Å². The molecule has 4 nitrogen and oxygen atoms in total. The molecule has 0 heterocycles. The molecule has 5 N–H and O–H groups in total. The predicted octanol–water partition coefficient (Wildman–Crippen LogP) is -0.830. The molecule has 0 saturated heterocycles. The first-order chi connectivity index (χ1) is 2.27. The summed E-state index contributed by atoms with van der Waals surface area (Å²) in [4.78, 5) is 8.13. The summed E-state index contributed by atoms with van der Waals surface area (Å²) in [5.74, 6) is 0. The van der Waals surface area contributed by atoms with Crippen molar-refractivity contribution in [3.8, 4) is 0 Å². The van der Waals surface area contributed by atoms with Crippen molar-refractivity contribution < 1.29 is 14.1 Å². The molecule has 0 aromatic carbocycles. The molecule has 0 aliphatic heterocycles. The van der Waals surface area contributed by atoms with Gasteiger partial charge in [0.25, 0.3) is 0 Å². The molecular formula is CH6AlNO3. The fraction of sp³-hybridized carbons (Fsp3) is 0. The fourth-order valence-corrected chi connectivity index (χ4v) is 0. The average Bonchev–Trinajstić information content (AvgIpc) is 1.38. The SMILES string of the molecule is N.O=[C](O)[AlH][OH]. The van der Waals surface area contributed by atoms with Crippen molar-refractivity contribution in [2.75, 3.05) is 0 Å². The third-order valence-corrected chi connectivity index (χ3v) is 0.406. The highest BCUT2D eigenvalue weighted by atomic mass is 27.1. The highest BCUT2D eigenvalue weighted by molar-refractivity contribution is 6.65. The third-order valence-electron chi connectivity index (χ3n) is 0.135. The van der Waals surface area contributed by atoms with Gasteiger partial charge in [-0.1, -0.05) is 0 Å². The molecule has 36 valence electrons. The number of hydrogen-bond donors (Lipinski definition) is 3. The second kappa shape index (κ2) is 4.92. The van der Waals surface area contributed by atoms with E-state index in [-0.39, 0.29) is 6.15 Å². The van der Waals surface area contributed by atoms with E-state index in [1.54, 1.807) is 0 Å². The first-order valence-corrected chi connectivity index (χ1v) is 2.44. The summed E-state index contributed by atoms with van der Waals surface area (Å²) < 4.78 is 7.68. The van der Waals surface area contributed by atoms with Gasteiger partial charge in [-0.15, -0.1) is 0 Å². The summed E-state index contributed by atoms with van der Waals surface area (Å²) >= 11 is -1.73. The molecule has 6 heavy (non-hydrogen) atoms. The van der Waals surface area contributed by atoms with Gasteiger partial charge >= 0.3 is 15.6 Å². The molecule has 0 aliphatic carbocycles. The quantitative estimate of drug-likeness (QED) is 0.381. The molecule has 0 rings (SSSR count). The molecule has 0 saturated carbocycles. The van der Waals surface area contributed by atoms with E-state index >= 15 is 0 Å². The molecule has 0 bridgehead atoms. The highest BCUT2D eigenvalue weighted by Gasteiger charge is 1.94. The minimum Gasteiger partial charge on any atom is -0.511 e. The van der Waals surface area contributed by atoms with Crippen LogP contribution in [0.3, 0.4) is 0 Å². The number of rotatable bonds is 1. The Hall–Kier alpha value is -0.0775. The van der Waals surface area contributed by atoms with Crippen molar-refractivity contribution in [2.45, 2.75) is 0 Å². The lowest BCUT2D eigenvalue weighted by Crippen LogP contribution is -2.01. The Morgan fingerprint density at radius 2 is 1.83 bits per heavy atom. The summed E-state index contributed by atoms with van der Waals surface area (Å²) in [5.41, 5.74) is 0. The van der Waals surface area contributed by atoms with E-state index in [2.05, 4.69) is 0 Å². The molecule has 5 heteroatoms. The Labute approximate surface area is 41.4 Å². The Bertz CT molecular complexity index is 46.1. The Balaban J connectivity index is 0. The van der Waals surface area contributed by atoms with Crippen molar-refractivity contribution in [3.05, 3.63) is 0 Å². The van der Waals surface area contributed by atoms with E-state index < -0.39 is 20.4 Å². The van der Waals surface area contributed by atoms with E-state index in [1.165, 1.54) is 0 Å². The van der Waals surface area contributed by atoms with Crippen LogP contribution in [0.4, 0.5) is 4.79 Å². The summed E-state index contributed by atoms with van der Waals surface area (Å²) in [6, 6.07) is 0. The molecule has 0 spiro atoms. The number of hydrogen-bond acceptors (Lipinski definition) is 3. The van der Waals surface area contributed by atoms with Gasteiger partial charge in [-0.05, 0) is 0 Å². The van der Waals surface area contributed by atoms with E-state index in [4.69, 9.17) is 9.26 Å². The second-order valence-electron chi connectivity index (χ2n) is 0.552. The lowest BCUT2D eigenvalue weighted by Gasteiger charge is -1.68. The van der Waals surface area contributed by atoms with Crippen LogP contribution < -0.4 is 6.15 Å². The van der Waals surface area contributed by atoms with Gasteiger partial charge in [0.05, 0.1) is 0 Å². The predicted molar refractivity (Wildman–Crippen MR) is 22.4 cm³/mol. The fourth-order valence-electron chi connectivity index (χ4n) is 0. The maximum atomic E-state index is 9.18. The normalized spacial score (nSPS) is 5.50. The first kappa shape index (κ1) is 9.33. The van der Waals surface area contributed by atoms with Crippen LogP contribution in [-0.4, -0.2) is 29.6 Å². The largest absolute Gasteiger partial charge is 0.595 e. The van der Waals surface area contributed by atoms with Gasteiger partial charge in [-0.25, -0.2) is 0 Å². The van der Waals surface area contributed by atoms with Crippen LogP contribution in [0.1, 0.15) is 0 Å². The lowest BCUT2D eigenvalue weighted by molar-refractivity contribution is 0.217. The van der Waals surface area contributed by atoms with Crippen molar-refractivity contribution in [2.24, 2.45) is 0 Å². The molecule has 0 atom stereocenters. The minimum atomic E-state index is -1.73. The zero-order chi connectivity index (χ0) is 4.28. The summed E-state index contributed by atoms with van der Waals surface area (Å²) in [6.45, 7) is 0. The van der Waals surface area contributed by atoms with E-state index in [1.807, 2.05) is 0 Å². The summed E-state index contributed by atoms with van der Waals surface area (Å²) in [7, 11) is 0. The summed E-state index contributed by atoms with van der Waals surface area (Å²) in [6.07, 6.45) is 0. The number of carbonyl (C=O) groups is 1.